The molecule has 35 heavy (non-hydrogen) atoms. The first-order valence-corrected chi connectivity index (χ1v) is 12.0. The lowest BCUT2D eigenvalue weighted by Crippen LogP contribution is -2.50. The van der Waals surface area contributed by atoms with E-state index in [1.807, 2.05) is 55.5 Å². The summed E-state index contributed by atoms with van der Waals surface area (Å²) >= 11 is 0. The van der Waals surface area contributed by atoms with E-state index >= 15 is 0 Å². The highest BCUT2D eigenvalue weighted by Gasteiger charge is 2.23. The normalized spacial score (nSPS) is 14.4. The van der Waals surface area contributed by atoms with Crippen LogP contribution in [0.3, 0.4) is 0 Å². The second kappa shape index (κ2) is 11.0. The molecule has 180 valence electrons. The van der Waals surface area contributed by atoms with Crippen molar-refractivity contribution in [3.8, 4) is 0 Å². The highest BCUT2D eigenvalue weighted by Crippen LogP contribution is 2.24. The van der Waals surface area contributed by atoms with Crippen LogP contribution in [-0.2, 0) is 16.0 Å². The van der Waals surface area contributed by atoms with Crippen LogP contribution in [0.25, 0.3) is 10.8 Å². The van der Waals surface area contributed by atoms with Gasteiger partial charge < -0.3 is 15.1 Å². The van der Waals surface area contributed by atoms with Gasteiger partial charge in [-0.1, -0.05) is 67.2 Å². The van der Waals surface area contributed by atoms with Crippen LogP contribution in [0.1, 0.15) is 40.9 Å². The third kappa shape index (κ3) is 5.60. The van der Waals surface area contributed by atoms with Gasteiger partial charge in [0.25, 0.3) is 5.91 Å². The van der Waals surface area contributed by atoms with Crippen molar-refractivity contribution < 1.29 is 14.4 Å². The van der Waals surface area contributed by atoms with Gasteiger partial charge in [0.2, 0.25) is 11.8 Å². The molecule has 0 aromatic heterocycles. The molecule has 3 aromatic carbocycles. The molecule has 6 heteroatoms. The fourth-order valence-corrected chi connectivity index (χ4v) is 4.65. The molecule has 1 saturated heterocycles. The lowest BCUT2D eigenvalue weighted by molar-refractivity contribution is -0.137. The zero-order valence-electron chi connectivity index (χ0n) is 20.1. The summed E-state index contributed by atoms with van der Waals surface area (Å²) in [5.41, 5.74) is 2.51. The van der Waals surface area contributed by atoms with Crippen molar-refractivity contribution in [1.82, 2.24) is 15.1 Å². The maximum absolute atomic E-state index is 13.2. The van der Waals surface area contributed by atoms with Crippen LogP contribution in [0.5, 0.6) is 0 Å². The van der Waals surface area contributed by atoms with Crippen LogP contribution in [0, 0.1) is 0 Å². The first-order valence-electron chi connectivity index (χ1n) is 12.0. The second-order valence-corrected chi connectivity index (χ2v) is 8.83. The topological polar surface area (TPSA) is 69.7 Å². The number of carbonyl (C=O) groups excluding carboxylic acids is 3. The number of carbonyl (C=O) groups is 3. The number of fused-ring (bicyclic) bond motifs is 1. The number of hydrogen-bond acceptors (Lipinski definition) is 3. The largest absolute Gasteiger partial charge is 0.345 e. The Kier molecular flexibility index (Phi) is 7.60. The molecule has 1 N–H and O–H groups in total. The molecule has 1 heterocycles. The van der Waals surface area contributed by atoms with Crippen molar-refractivity contribution in [3.63, 3.8) is 0 Å². The van der Waals surface area contributed by atoms with Crippen molar-refractivity contribution in [2.24, 2.45) is 0 Å². The maximum atomic E-state index is 13.2. The lowest BCUT2D eigenvalue weighted by Gasteiger charge is -2.34. The van der Waals surface area contributed by atoms with Gasteiger partial charge in [0.15, 0.2) is 0 Å². The smallest absolute Gasteiger partial charge is 0.252 e. The standard InChI is InChI=1S/C29H31N3O3/c1-3-27(33)31-17-19-32(20-18-31)28(34)16-15-23-10-5-7-13-26(23)29(35)30-21(2)24-14-8-11-22-9-4-6-12-25(22)24/h3-14,21H,1,15-20H2,2H3,(H,30,35)/t21-/m1/s1. The van der Waals surface area contributed by atoms with Crippen molar-refractivity contribution in [1.29, 1.82) is 0 Å². The van der Waals surface area contributed by atoms with Gasteiger partial charge in [-0.05, 0) is 47.4 Å². The first-order chi connectivity index (χ1) is 17.0. The average Bonchev–Trinajstić information content (AvgIpc) is 2.91. The van der Waals surface area contributed by atoms with Gasteiger partial charge in [-0.2, -0.15) is 0 Å². The number of hydrogen-bond donors (Lipinski definition) is 1. The molecule has 0 aliphatic carbocycles. The number of rotatable bonds is 7. The summed E-state index contributed by atoms with van der Waals surface area (Å²) in [6.45, 7) is 7.57. The molecule has 4 rings (SSSR count). The summed E-state index contributed by atoms with van der Waals surface area (Å²) in [5.74, 6) is -0.213. The molecule has 1 atom stereocenters. The maximum Gasteiger partial charge on any atom is 0.252 e. The molecule has 6 nitrogen and oxygen atoms in total. The van der Waals surface area contributed by atoms with Gasteiger partial charge in [0.1, 0.15) is 0 Å². The highest BCUT2D eigenvalue weighted by molar-refractivity contribution is 5.96. The minimum absolute atomic E-state index is 0.0371. The van der Waals surface area contributed by atoms with E-state index in [0.29, 0.717) is 44.6 Å². The molecule has 3 aromatic rings. The summed E-state index contributed by atoms with van der Waals surface area (Å²) in [6, 6.07) is 21.6. The molecule has 0 unspecified atom stereocenters. The van der Waals surface area contributed by atoms with E-state index in [0.717, 1.165) is 21.9 Å². The third-order valence-electron chi connectivity index (χ3n) is 6.63. The predicted molar refractivity (Wildman–Crippen MR) is 138 cm³/mol. The number of benzene rings is 3. The van der Waals surface area contributed by atoms with Crippen LogP contribution in [0.15, 0.2) is 79.4 Å². The van der Waals surface area contributed by atoms with Crippen LogP contribution in [0.4, 0.5) is 0 Å². The number of aryl methyl sites for hydroxylation is 1. The van der Waals surface area contributed by atoms with Crippen LogP contribution in [-0.4, -0.2) is 53.7 Å². The van der Waals surface area contributed by atoms with Gasteiger partial charge in [0.05, 0.1) is 6.04 Å². The average molecular weight is 470 g/mol. The van der Waals surface area contributed by atoms with E-state index in [1.54, 1.807) is 9.80 Å². The molecule has 1 aliphatic rings. The molecular formula is C29H31N3O3. The van der Waals surface area contributed by atoms with Crippen molar-refractivity contribution in [3.05, 3.63) is 96.1 Å². The molecule has 0 bridgehead atoms. The fourth-order valence-electron chi connectivity index (χ4n) is 4.65. The van der Waals surface area contributed by atoms with E-state index < -0.39 is 0 Å². The van der Waals surface area contributed by atoms with Crippen LogP contribution < -0.4 is 5.32 Å². The third-order valence-corrected chi connectivity index (χ3v) is 6.63. The number of nitrogens with zero attached hydrogens (tertiary/aromatic N) is 2. The van der Waals surface area contributed by atoms with E-state index in [-0.39, 0.29) is 23.8 Å². The summed E-state index contributed by atoms with van der Waals surface area (Å²) in [4.78, 5) is 41.2. The minimum Gasteiger partial charge on any atom is -0.345 e. The van der Waals surface area contributed by atoms with E-state index in [1.165, 1.54) is 6.08 Å². The first kappa shape index (κ1) is 24.2. The molecule has 1 aliphatic heterocycles. The Morgan fingerprint density at radius 2 is 1.57 bits per heavy atom. The minimum atomic E-state index is -0.169. The summed E-state index contributed by atoms with van der Waals surface area (Å²) in [6.07, 6.45) is 2.11. The number of piperazine rings is 1. The monoisotopic (exact) mass is 469 g/mol. The van der Waals surface area contributed by atoms with Crippen molar-refractivity contribution in [2.45, 2.75) is 25.8 Å². The Hall–Kier alpha value is -3.93. The summed E-state index contributed by atoms with van der Waals surface area (Å²) in [5, 5.41) is 5.40. The summed E-state index contributed by atoms with van der Waals surface area (Å²) in [7, 11) is 0. The Bertz CT molecular complexity index is 1240. The molecule has 0 saturated carbocycles. The second-order valence-electron chi connectivity index (χ2n) is 8.83. The molecular weight excluding hydrogens is 438 g/mol. The van der Waals surface area contributed by atoms with Gasteiger partial charge in [0, 0.05) is 38.2 Å². The van der Waals surface area contributed by atoms with Gasteiger partial charge >= 0.3 is 0 Å². The van der Waals surface area contributed by atoms with E-state index in [4.69, 9.17) is 0 Å². The zero-order chi connectivity index (χ0) is 24.8. The van der Waals surface area contributed by atoms with Gasteiger partial charge in [-0.15, -0.1) is 0 Å². The molecule has 0 spiro atoms. The van der Waals surface area contributed by atoms with Gasteiger partial charge in [-0.3, -0.25) is 14.4 Å². The molecule has 0 radical (unpaired) electrons. The van der Waals surface area contributed by atoms with Crippen molar-refractivity contribution >= 4 is 28.5 Å². The molecule has 1 fully saturated rings. The highest BCUT2D eigenvalue weighted by atomic mass is 16.2. The Balaban J connectivity index is 1.39. The molecule has 3 amide bonds. The Labute approximate surface area is 206 Å². The fraction of sp³-hybridized carbons (Fsp3) is 0.276. The van der Waals surface area contributed by atoms with Crippen LogP contribution in [0.2, 0.25) is 0 Å². The van der Waals surface area contributed by atoms with Crippen LogP contribution >= 0.6 is 0 Å². The SMILES string of the molecule is C=CC(=O)N1CCN(C(=O)CCc2ccccc2C(=O)N[C@H](C)c2cccc3ccccc23)CC1. The Morgan fingerprint density at radius 1 is 0.914 bits per heavy atom. The predicted octanol–water partition coefficient (Wildman–Crippen LogP) is 4.12. The van der Waals surface area contributed by atoms with E-state index in [2.05, 4.69) is 30.1 Å². The number of amides is 3. The zero-order valence-corrected chi connectivity index (χ0v) is 20.1. The summed E-state index contributed by atoms with van der Waals surface area (Å²) < 4.78 is 0. The lowest BCUT2D eigenvalue weighted by atomic mass is 9.98. The van der Waals surface area contributed by atoms with E-state index in [9.17, 15) is 14.4 Å². The van der Waals surface area contributed by atoms with Crippen molar-refractivity contribution in [2.75, 3.05) is 26.2 Å². The Morgan fingerprint density at radius 3 is 2.34 bits per heavy atom. The van der Waals surface area contributed by atoms with Gasteiger partial charge in [-0.25, -0.2) is 0 Å². The number of nitrogens with one attached hydrogen (secondary N) is 1. The quantitative estimate of drug-likeness (QED) is 0.529.